The van der Waals surface area contributed by atoms with Crippen molar-refractivity contribution in [2.24, 2.45) is 5.92 Å². The first-order chi connectivity index (χ1) is 16.5. The SMILES string of the molecule is O=C(NCCNC(=O)c1ccc2nccnc2c1)c1ccc(O[C@H]2CC[C@@H](C(=O)O)CC2)cc1. The number of carboxylic acids is 1. The fraction of sp³-hybridized carbons (Fsp3) is 0.320. The van der Waals surface area contributed by atoms with Crippen LogP contribution >= 0.6 is 0 Å². The Bertz CT molecular complexity index is 1170. The van der Waals surface area contributed by atoms with Crippen LogP contribution in [0, 0.1) is 5.92 Å². The highest BCUT2D eigenvalue weighted by Crippen LogP contribution is 2.28. The summed E-state index contributed by atoms with van der Waals surface area (Å²) in [5.74, 6) is -0.860. The average Bonchev–Trinajstić information content (AvgIpc) is 2.87. The van der Waals surface area contributed by atoms with Gasteiger partial charge in [0.25, 0.3) is 11.8 Å². The minimum absolute atomic E-state index is 0.00599. The highest BCUT2D eigenvalue weighted by atomic mass is 16.5. The van der Waals surface area contributed by atoms with Gasteiger partial charge in [0.2, 0.25) is 0 Å². The molecule has 1 fully saturated rings. The van der Waals surface area contributed by atoms with E-state index >= 15 is 0 Å². The Kier molecular flexibility index (Phi) is 7.31. The molecule has 9 heteroatoms. The van der Waals surface area contributed by atoms with Crippen LogP contribution in [0.4, 0.5) is 0 Å². The van der Waals surface area contributed by atoms with Crippen LogP contribution < -0.4 is 15.4 Å². The van der Waals surface area contributed by atoms with Gasteiger partial charge in [-0.2, -0.15) is 0 Å². The Morgan fingerprint density at radius 2 is 1.41 bits per heavy atom. The minimum atomic E-state index is -0.739. The number of carbonyl (C=O) groups is 3. The Hall–Kier alpha value is -4.01. The van der Waals surface area contributed by atoms with Crippen molar-refractivity contribution >= 4 is 28.8 Å². The number of aliphatic carboxylic acids is 1. The fourth-order valence-electron chi connectivity index (χ4n) is 3.97. The van der Waals surface area contributed by atoms with Crippen LogP contribution in [0.2, 0.25) is 0 Å². The molecule has 0 aliphatic heterocycles. The molecule has 0 unspecified atom stereocenters. The maximum atomic E-state index is 12.4. The van der Waals surface area contributed by atoms with E-state index < -0.39 is 5.97 Å². The Balaban J connectivity index is 1.19. The second-order valence-electron chi connectivity index (χ2n) is 8.23. The molecular formula is C25H26N4O5. The van der Waals surface area contributed by atoms with Gasteiger partial charge in [-0.3, -0.25) is 24.4 Å². The molecular weight excluding hydrogens is 436 g/mol. The second-order valence-corrected chi connectivity index (χ2v) is 8.23. The Morgan fingerprint density at radius 1 is 0.824 bits per heavy atom. The van der Waals surface area contributed by atoms with Crippen LogP contribution in [0.3, 0.4) is 0 Å². The molecule has 1 saturated carbocycles. The van der Waals surface area contributed by atoms with Crippen molar-refractivity contribution in [3.05, 3.63) is 66.0 Å². The summed E-state index contributed by atoms with van der Waals surface area (Å²) in [7, 11) is 0. The molecule has 176 valence electrons. The number of carboxylic acid groups (broad SMARTS) is 1. The highest BCUT2D eigenvalue weighted by molar-refractivity contribution is 5.97. The van der Waals surface area contributed by atoms with Gasteiger partial charge in [0, 0.05) is 36.6 Å². The van der Waals surface area contributed by atoms with E-state index in [9.17, 15) is 14.4 Å². The van der Waals surface area contributed by atoms with Gasteiger partial charge in [-0.05, 0) is 68.1 Å². The second kappa shape index (κ2) is 10.7. The lowest BCUT2D eigenvalue weighted by molar-refractivity contribution is -0.143. The number of carbonyl (C=O) groups excluding carboxylic acids is 2. The van der Waals surface area contributed by atoms with E-state index in [0.29, 0.717) is 53.6 Å². The number of rotatable bonds is 8. The van der Waals surface area contributed by atoms with Gasteiger partial charge in [0.1, 0.15) is 5.75 Å². The third kappa shape index (κ3) is 5.86. The van der Waals surface area contributed by atoms with Crippen LogP contribution in [-0.2, 0) is 4.79 Å². The number of hydrogen-bond donors (Lipinski definition) is 3. The summed E-state index contributed by atoms with van der Waals surface area (Å²) in [6.07, 6.45) is 5.81. The number of nitrogens with one attached hydrogen (secondary N) is 2. The van der Waals surface area contributed by atoms with Crippen molar-refractivity contribution in [2.75, 3.05) is 13.1 Å². The van der Waals surface area contributed by atoms with Gasteiger partial charge in [0.15, 0.2) is 0 Å². The summed E-state index contributed by atoms with van der Waals surface area (Å²) in [6.45, 7) is 0.562. The van der Waals surface area contributed by atoms with Crippen molar-refractivity contribution in [3.8, 4) is 5.75 Å². The molecule has 3 N–H and O–H groups in total. The van der Waals surface area contributed by atoms with Crippen LogP contribution in [0.1, 0.15) is 46.4 Å². The number of aromatic nitrogens is 2. The molecule has 0 atom stereocenters. The van der Waals surface area contributed by atoms with E-state index in [2.05, 4.69) is 20.6 Å². The fourth-order valence-corrected chi connectivity index (χ4v) is 3.97. The molecule has 2 amide bonds. The molecule has 3 aromatic rings. The summed E-state index contributed by atoms with van der Waals surface area (Å²) >= 11 is 0. The first kappa shape index (κ1) is 23.2. The summed E-state index contributed by atoms with van der Waals surface area (Å²) in [6, 6.07) is 12.0. The summed E-state index contributed by atoms with van der Waals surface area (Å²) in [5, 5.41) is 14.6. The average molecular weight is 463 g/mol. The predicted octanol–water partition coefficient (Wildman–Crippen LogP) is 2.81. The maximum Gasteiger partial charge on any atom is 0.306 e. The molecule has 0 spiro atoms. The number of benzene rings is 2. The van der Waals surface area contributed by atoms with E-state index in [4.69, 9.17) is 9.84 Å². The van der Waals surface area contributed by atoms with Gasteiger partial charge in [-0.25, -0.2) is 0 Å². The molecule has 34 heavy (non-hydrogen) atoms. The normalized spacial score (nSPS) is 17.6. The number of amides is 2. The molecule has 0 radical (unpaired) electrons. The molecule has 9 nitrogen and oxygen atoms in total. The molecule has 1 aliphatic rings. The topological polar surface area (TPSA) is 131 Å². The molecule has 4 rings (SSSR count). The smallest absolute Gasteiger partial charge is 0.306 e. The van der Waals surface area contributed by atoms with Crippen molar-refractivity contribution in [2.45, 2.75) is 31.8 Å². The molecule has 2 aromatic carbocycles. The summed E-state index contributed by atoms with van der Waals surface area (Å²) < 4.78 is 5.93. The Morgan fingerprint density at radius 3 is 2.06 bits per heavy atom. The third-order valence-corrected chi connectivity index (χ3v) is 5.87. The van der Waals surface area contributed by atoms with E-state index in [1.54, 1.807) is 54.9 Å². The van der Waals surface area contributed by atoms with Gasteiger partial charge in [0.05, 0.1) is 23.1 Å². The lowest BCUT2D eigenvalue weighted by atomic mass is 9.87. The predicted molar refractivity (Wildman–Crippen MR) is 125 cm³/mol. The maximum absolute atomic E-state index is 12.4. The van der Waals surface area contributed by atoms with Crippen LogP contribution in [0.15, 0.2) is 54.9 Å². The number of nitrogens with zero attached hydrogens (tertiary/aromatic N) is 2. The van der Waals surface area contributed by atoms with Gasteiger partial charge >= 0.3 is 5.97 Å². The van der Waals surface area contributed by atoms with E-state index in [0.717, 1.165) is 0 Å². The molecule has 1 heterocycles. The quantitative estimate of drug-likeness (QED) is 0.439. The summed E-state index contributed by atoms with van der Waals surface area (Å²) in [4.78, 5) is 44.1. The lowest BCUT2D eigenvalue weighted by Gasteiger charge is -2.26. The van der Waals surface area contributed by atoms with Crippen LogP contribution in [0.25, 0.3) is 11.0 Å². The van der Waals surface area contributed by atoms with Crippen molar-refractivity contribution in [3.63, 3.8) is 0 Å². The first-order valence-corrected chi connectivity index (χ1v) is 11.3. The number of ether oxygens (including phenoxy) is 1. The van der Waals surface area contributed by atoms with Crippen LogP contribution in [-0.4, -0.2) is 52.1 Å². The zero-order chi connectivity index (χ0) is 23.9. The zero-order valence-electron chi connectivity index (χ0n) is 18.6. The monoisotopic (exact) mass is 462 g/mol. The molecule has 0 bridgehead atoms. The van der Waals surface area contributed by atoms with Crippen molar-refractivity contribution in [1.82, 2.24) is 20.6 Å². The number of hydrogen-bond acceptors (Lipinski definition) is 6. The van der Waals surface area contributed by atoms with Gasteiger partial charge in [-0.15, -0.1) is 0 Å². The van der Waals surface area contributed by atoms with Gasteiger partial charge in [-0.1, -0.05) is 0 Å². The standard InChI is InChI=1S/C25H26N4O5/c30-23(16-1-6-19(7-2-16)34-20-8-3-17(4-9-20)25(32)33)28-13-14-29-24(31)18-5-10-21-22(15-18)27-12-11-26-21/h1-2,5-7,10-12,15,17,20H,3-4,8-9,13-14H2,(H,28,30)(H,29,31)(H,32,33)/t17-,20+. The minimum Gasteiger partial charge on any atom is -0.490 e. The van der Waals surface area contributed by atoms with Crippen LogP contribution in [0.5, 0.6) is 5.75 Å². The molecule has 0 saturated heterocycles. The molecule has 1 aromatic heterocycles. The zero-order valence-corrected chi connectivity index (χ0v) is 18.6. The largest absolute Gasteiger partial charge is 0.490 e. The Labute approximate surface area is 196 Å². The van der Waals surface area contributed by atoms with E-state index in [1.807, 2.05) is 0 Å². The number of fused-ring (bicyclic) bond motifs is 1. The highest BCUT2D eigenvalue weighted by Gasteiger charge is 2.26. The van der Waals surface area contributed by atoms with Crippen molar-refractivity contribution < 1.29 is 24.2 Å². The first-order valence-electron chi connectivity index (χ1n) is 11.3. The summed E-state index contributed by atoms with van der Waals surface area (Å²) in [5.41, 5.74) is 2.32. The third-order valence-electron chi connectivity index (χ3n) is 5.87. The molecule has 1 aliphatic carbocycles. The van der Waals surface area contributed by atoms with Crippen molar-refractivity contribution in [1.29, 1.82) is 0 Å². The lowest BCUT2D eigenvalue weighted by Crippen LogP contribution is -2.34. The van der Waals surface area contributed by atoms with Gasteiger partial charge < -0.3 is 20.5 Å². The van der Waals surface area contributed by atoms with E-state index in [1.165, 1.54) is 0 Å². The van der Waals surface area contributed by atoms with E-state index in [-0.39, 0.29) is 36.9 Å².